The molecular formula is C13H18BrN3O2. The first-order valence-corrected chi connectivity index (χ1v) is 7.17. The van der Waals surface area contributed by atoms with E-state index in [0.717, 1.165) is 29.7 Å². The number of nitrogens with one attached hydrogen (secondary N) is 1. The molecule has 0 radical (unpaired) electrons. The van der Waals surface area contributed by atoms with Crippen LogP contribution in [0.2, 0.25) is 0 Å². The molecule has 1 fully saturated rings. The Bertz CT molecular complexity index is 467. The van der Waals surface area contributed by atoms with Crippen LogP contribution >= 0.6 is 15.9 Å². The Morgan fingerprint density at radius 1 is 1.53 bits per heavy atom. The van der Waals surface area contributed by atoms with Gasteiger partial charge in [0, 0.05) is 29.7 Å². The largest absolute Gasteiger partial charge is 0.312 e. The lowest BCUT2D eigenvalue weighted by molar-refractivity contribution is -0.385. The summed E-state index contributed by atoms with van der Waals surface area (Å²) in [4.78, 5) is 12.8. The van der Waals surface area contributed by atoms with Gasteiger partial charge in [-0.25, -0.2) is 0 Å². The zero-order chi connectivity index (χ0) is 13.8. The number of nitro groups is 1. The van der Waals surface area contributed by atoms with E-state index >= 15 is 0 Å². The molecule has 0 amide bonds. The second-order valence-electron chi connectivity index (χ2n) is 5.12. The molecule has 0 spiro atoms. The number of hydrogen-bond donors (Lipinski definition) is 1. The summed E-state index contributed by atoms with van der Waals surface area (Å²) in [5.41, 5.74) is 1.07. The van der Waals surface area contributed by atoms with E-state index in [-0.39, 0.29) is 10.6 Å². The highest BCUT2D eigenvalue weighted by molar-refractivity contribution is 9.10. The number of nitrogens with zero attached hydrogens (tertiary/aromatic N) is 2. The van der Waals surface area contributed by atoms with Crippen molar-refractivity contribution in [2.24, 2.45) is 5.92 Å². The third-order valence-corrected chi connectivity index (χ3v) is 3.86. The van der Waals surface area contributed by atoms with Crippen LogP contribution in [-0.2, 0) is 6.54 Å². The van der Waals surface area contributed by atoms with Gasteiger partial charge in [-0.05, 0) is 44.1 Å². The first kappa shape index (κ1) is 14.4. The normalized spacial score (nSPS) is 19.8. The predicted molar refractivity (Wildman–Crippen MR) is 78.1 cm³/mol. The molecule has 1 aliphatic heterocycles. The van der Waals surface area contributed by atoms with Crippen molar-refractivity contribution in [1.29, 1.82) is 0 Å². The Kier molecular flexibility index (Phi) is 4.90. The van der Waals surface area contributed by atoms with Gasteiger partial charge in [-0.1, -0.05) is 15.9 Å². The minimum atomic E-state index is -0.361. The maximum Gasteiger partial charge on any atom is 0.270 e. The van der Waals surface area contributed by atoms with Crippen molar-refractivity contribution in [2.75, 3.05) is 26.7 Å². The number of nitro benzene ring substituents is 1. The summed E-state index contributed by atoms with van der Waals surface area (Å²) in [7, 11) is 2.14. The maximum atomic E-state index is 10.8. The molecule has 5 nitrogen and oxygen atoms in total. The van der Waals surface area contributed by atoms with Crippen LogP contribution in [0.1, 0.15) is 12.0 Å². The topological polar surface area (TPSA) is 58.4 Å². The van der Waals surface area contributed by atoms with Gasteiger partial charge in [0.15, 0.2) is 0 Å². The lowest BCUT2D eigenvalue weighted by atomic mass is 10.1. The fourth-order valence-electron chi connectivity index (χ4n) is 2.45. The molecular weight excluding hydrogens is 310 g/mol. The highest BCUT2D eigenvalue weighted by atomic mass is 79.9. The van der Waals surface area contributed by atoms with E-state index < -0.39 is 0 Å². The standard InChI is InChI=1S/C13H18BrN3O2/c1-16-3-2-10(9-16)7-15-8-11-4-12(14)6-13(5-11)17(18)19/h4-6,10,15H,2-3,7-9H2,1H3. The Morgan fingerprint density at radius 2 is 2.32 bits per heavy atom. The molecule has 2 rings (SSSR count). The average Bonchev–Trinajstić information content (AvgIpc) is 2.74. The second kappa shape index (κ2) is 6.45. The van der Waals surface area contributed by atoms with Gasteiger partial charge in [-0.2, -0.15) is 0 Å². The Balaban J connectivity index is 1.87. The predicted octanol–water partition coefficient (Wildman–Crippen LogP) is 2.40. The molecule has 6 heteroatoms. The molecule has 104 valence electrons. The Hall–Kier alpha value is -0.980. The van der Waals surface area contributed by atoms with Crippen molar-refractivity contribution >= 4 is 21.6 Å². The minimum Gasteiger partial charge on any atom is -0.312 e. The number of benzene rings is 1. The molecule has 0 bridgehead atoms. The molecule has 1 aromatic rings. The van der Waals surface area contributed by atoms with Gasteiger partial charge in [0.1, 0.15) is 0 Å². The van der Waals surface area contributed by atoms with Crippen LogP contribution in [0.5, 0.6) is 0 Å². The molecule has 1 N–H and O–H groups in total. The summed E-state index contributed by atoms with van der Waals surface area (Å²) in [5.74, 6) is 0.687. The molecule has 1 aromatic carbocycles. The molecule has 1 aliphatic rings. The van der Waals surface area contributed by atoms with Crippen molar-refractivity contribution in [3.8, 4) is 0 Å². The molecule has 1 saturated heterocycles. The Labute approximate surface area is 121 Å². The fraction of sp³-hybridized carbons (Fsp3) is 0.538. The van der Waals surface area contributed by atoms with E-state index in [2.05, 4.69) is 33.2 Å². The van der Waals surface area contributed by atoms with Gasteiger partial charge in [0.05, 0.1) is 4.92 Å². The molecule has 0 aliphatic carbocycles. The molecule has 0 saturated carbocycles. The van der Waals surface area contributed by atoms with Crippen LogP contribution in [0.3, 0.4) is 0 Å². The van der Waals surface area contributed by atoms with E-state index in [1.54, 1.807) is 6.07 Å². The number of non-ortho nitro benzene ring substituents is 1. The Morgan fingerprint density at radius 3 is 2.95 bits per heavy atom. The quantitative estimate of drug-likeness (QED) is 0.666. The zero-order valence-electron chi connectivity index (χ0n) is 10.9. The monoisotopic (exact) mass is 327 g/mol. The number of hydrogen-bond acceptors (Lipinski definition) is 4. The summed E-state index contributed by atoms with van der Waals surface area (Å²) < 4.78 is 0.749. The zero-order valence-corrected chi connectivity index (χ0v) is 12.5. The average molecular weight is 328 g/mol. The van der Waals surface area contributed by atoms with Gasteiger partial charge < -0.3 is 10.2 Å². The van der Waals surface area contributed by atoms with E-state index in [0.29, 0.717) is 12.5 Å². The lowest BCUT2D eigenvalue weighted by Gasteiger charge is -2.11. The number of rotatable bonds is 5. The summed E-state index contributed by atoms with van der Waals surface area (Å²) in [6.07, 6.45) is 1.22. The van der Waals surface area contributed by atoms with Gasteiger partial charge in [-0.3, -0.25) is 10.1 Å². The summed E-state index contributed by atoms with van der Waals surface area (Å²) in [6, 6.07) is 5.06. The van der Waals surface area contributed by atoms with Crippen LogP contribution in [0.15, 0.2) is 22.7 Å². The van der Waals surface area contributed by atoms with Gasteiger partial charge in [-0.15, -0.1) is 0 Å². The highest BCUT2D eigenvalue weighted by Gasteiger charge is 2.18. The van der Waals surface area contributed by atoms with Crippen molar-refractivity contribution in [1.82, 2.24) is 10.2 Å². The highest BCUT2D eigenvalue weighted by Crippen LogP contribution is 2.21. The van der Waals surface area contributed by atoms with Gasteiger partial charge in [0.25, 0.3) is 5.69 Å². The molecule has 19 heavy (non-hydrogen) atoms. The summed E-state index contributed by atoms with van der Waals surface area (Å²) in [6.45, 7) is 3.92. The van der Waals surface area contributed by atoms with E-state index in [4.69, 9.17) is 0 Å². The molecule has 0 aromatic heterocycles. The van der Waals surface area contributed by atoms with Crippen molar-refractivity contribution in [3.05, 3.63) is 38.3 Å². The second-order valence-corrected chi connectivity index (χ2v) is 6.04. The maximum absolute atomic E-state index is 10.8. The third-order valence-electron chi connectivity index (χ3n) is 3.40. The third kappa shape index (κ3) is 4.26. The van der Waals surface area contributed by atoms with Crippen LogP contribution in [0.4, 0.5) is 5.69 Å². The van der Waals surface area contributed by atoms with E-state index in [9.17, 15) is 10.1 Å². The van der Waals surface area contributed by atoms with Crippen LogP contribution in [0, 0.1) is 16.0 Å². The SMILES string of the molecule is CN1CCC(CNCc2cc(Br)cc([N+](=O)[O-])c2)C1. The first-order valence-electron chi connectivity index (χ1n) is 6.37. The van der Waals surface area contributed by atoms with Crippen molar-refractivity contribution in [2.45, 2.75) is 13.0 Å². The van der Waals surface area contributed by atoms with Crippen molar-refractivity contribution < 1.29 is 4.92 Å². The first-order chi connectivity index (χ1) is 9.04. The summed E-state index contributed by atoms with van der Waals surface area (Å²) >= 11 is 3.31. The number of likely N-dealkylation sites (tertiary alicyclic amines) is 1. The van der Waals surface area contributed by atoms with Gasteiger partial charge >= 0.3 is 0 Å². The lowest BCUT2D eigenvalue weighted by Crippen LogP contribution is -2.24. The fourth-order valence-corrected chi connectivity index (χ4v) is 2.98. The van der Waals surface area contributed by atoms with Crippen molar-refractivity contribution in [3.63, 3.8) is 0 Å². The van der Waals surface area contributed by atoms with Crippen LogP contribution < -0.4 is 5.32 Å². The molecule has 1 unspecified atom stereocenters. The van der Waals surface area contributed by atoms with Gasteiger partial charge in [0.2, 0.25) is 0 Å². The van der Waals surface area contributed by atoms with Crippen LogP contribution in [0.25, 0.3) is 0 Å². The van der Waals surface area contributed by atoms with E-state index in [1.165, 1.54) is 12.5 Å². The molecule has 1 heterocycles. The van der Waals surface area contributed by atoms with Crippen LogP contribution in [-0.4, -0.2) is 36.5 Å². The molecule has 1 atom stereocenters. The minimum absolute atomic E-state index is 0.131. The number of halogens is 1. The smallest absolute Gasteiger partial charge is 0.270 e. The van der Waals surface area contributed by atoms with E-state index in [1.807, 2.05) is 6.07 Å². The summed E-state index contributed by atoms with van der Waals surface area (Å²) in [5, 5.41) is 14.2.